The fraction of sp³-hybridized carbons (Fsp3) is 0.444. The molecule has 0 unspecified atom stereocenters. The van der Waals surface area contributed by atoms with Crippen LogP contribution in [-0.2, 0) is 9.53 Å². The summed E-state index contributed by atoms with van der Waals surface area (Å²) in [4.78, 5) is 10.8. The number of ether oxygens (including phenoxy) is 1. The molecule has 1 saturated heterocycles. The first-order chi connectivity index (χ1) is 5.09. The molecule has 1 aliphatic heterocycles. The maximum atomic E-state index is 10.8. The molecule has 1 rings (SSSR count). The van der Waals surface area contributed by atoms with Gasteiger partial charge >= 0.3 is 5.97 Å². The summed E-state index contributed by atoms with van der Waals surface area (Å²) < 4.78 is 4.97. The molecule has 1 aliphatic rings. The molecule has 0 aromatic carbocycles. The highest BCUT2D eigenvalue weighted by atomic mass is 16.5. The molecule has 0 aromatic rings. The van der Waals surface area contributed by atoms with Crippen molar-refractivity contribution in [3.8, 4) is 0 Å². The Hall–Kier alpha value is -1.05. The van der Waals surface area contributed by atoms with E-state index in [4.69, 9.17) is 4.74 Å². The van der Waals surface area contributed by atoms with E-state index in [1.807, 2.05) is 19.9 Å². The molecule has 0 spiro atoms. The quantitative estimate of drug-likeness (QED) is 0.325. The molecule has 0 amide bonds. The second-order valence-electron chi connectivity index (χ2n) is 3.00. The van der Waals surface area contributed by atoms with Crippen LogP contribution in [0.1, 0.15) is 20.3 Å². The Kier molecular flexibility index (Phi) is 2.13. The highest BCUT2D eigenvalue weighted by Gasteiger charge is 2.24. The normalized spacial score (nSPS) is 23.3. The smallest absolute Gasteiger partial charge is 0.334 e. The molecule has 60 valence electrons. The predicted octanol–water partition coefficient (Wildman–Crippen LogP) is 1.82. The van der Waals surface area contributed by atoms with Gasteiger partial charge < -0.3 is 4.74 Å². The first-order valence-electron chi connectivity index (χ1n) is 3.63. The van der Waals surface area contributed by atoms with Crippen LogP contribution < -0.4 is 0 Å². The molecule has 2 heteroatoms. The van der Waals surface area contributed by atoms with E-state index in [0.29, 0.717) is 12.0 Å². The highest BCUT2D eigenvalue weighted by molar-refractivity contribution is 5.90. The van der Waals surface area contributed by atoms with Crippen molar-refractivity contribution >= 4 is 5.97 Å². The van der Waals surface area contributed by atoms with Crippen LogP contribution in [0.25, 0.3) is 0 Å². The number of allylic oxidation sites excluding steroid dienone is 1. The van der Waals surface area contributed by atoms with Gasteiger partial charge in [0, 0.05) is 12.0 Å². The van der Waals surface area contributed by atoms with Crippen LogP contribution in [0, 0.1) is 0 Å². The lowest BCUT2D eigenvalue weighted by molar-refractivity contribution is -0.137. The van der Waals surface area contributed by atoms with Crippen molar-refractivity contribution in [3.05, 3.63) is 23.8 Å². The minimum Gasteiger partial charge on any atom is -0.454 e. The van der Waals surface area contributed by atoms with E-state index >= 15 is 0 Å². The molecule has 1 fully saturated rings. The summed E-state index contributed by atoms with van der Waals surface area (Å²) in [6, 6.07) is 0. The fourth-order valence-electron chi connectivity index (χ4n) is 1.05. The molecule has 0 radical (unpaired) electrons. The Morgan fingerprint density at radius 2 is 2.36 bits per heavy atom. The molecule has 0 bridgehead atoms. The van der Waals surface area contributed by atoms with Crippen LogP contribution in [0.4, 0.5) is 0 Å². The standard InChI is InChI=1S/C9H12O2/c1-6(2)4-8-5-7(3)9(10)11-8/h4,8H,3,5H2,1-2H3/t8-/m1/s1. The Morgan fingerprint density at radius 1 is 1.73 bits per heavy atom. The van der Waals surface area contributed by atoms with Crippen molar-refractivity contribution in [3.63, 3.8) is 0 Å². The van der Waals surface area contributed by atoms with Gasteiger partial charge in [0.1, 0.15) is 6.10 Å². The van der Waals surface area contributed by atoms with Gasteiger partial charge in [0.2, 0.25) is 0 Å². The predicted molar refractivity (Wildman–Crippen MR) is 43.1 cm³/mol. The third-order valence-electron chi connectivity index (χ3n) is 1.51. The van der Waals surface area contributed by atoms with Crippen molar-refractivity contribution in [2.45, 2.75) is 26.4 Å². The lowest BCUT2D eigenvalue weighted by Crippen LogP contribution is -2.02. The maximum Gasteiger partial charge on any atom is 0.334 e. The molecule has 1 heterocycles. The summed E-state index contributed by atoms with van der Waals surface area (Å²) in [6.07, 6.45) is 2.51. The van der Waals surface area contributed by atoms with Gasteiger partial charge in [0.05, 0.1) is 0 Å². The highest BCUT2D eigenvalue weighted by Crippen LogP contribution is 2.20. The minimum atomic E-state index is -0.257. The zero-order valence-corrected chi connectivity index (χ0v) is 6.89. The SMILES string of the molecule is C=C1C[C@@H](C=C(C)C)OC1=O. The van der Waals surface area contributed by atoms with E-state index in [0.717, 1.165) is 5.57 Å². The fourth-order valence-corrected chi connectivity index (χ4v) is 1.05. The van der Waals surface area contributed by atoms with Gasteiger partial charge in [0.25, 0.3) is 0 Å². The number of esters is 1. The van der Waals surface area contributed by atoms with Crippen LogP contribution in [0.2, 0.25) is 0 Å². The topological polar surface area (TPSA) is 26.3 Å². The molecule has 11 heavy (non-hydrogen) atoms. The number of hydrogen-bond acceptors (Lipinski definition) is 2. The van der Waals surface area contributed by atoms with Crippen molar-refractivity contribution in [2.24, 2.45) is 0 Å². The third-order valence-corrected chi connectivity index (χ3v) is 1.51. The van der Waals surface area contributed by atoms with Crippen LogP contribution >= 0.6 is 0 Å². The Bertz CT molecular complexity index is 206. The number of rotatable bonds is 1. The summed E-state index contributed by atoms with van der Waals surface area (Å²) in [5.74, 6) is -0.257. The zero-order chi connectivity index (χ0) is 8.43. The molecule has 1 atom stereocenters. The lowest BCUT2D eigenvalue weighted by Gasteiger charge is -2.01. The second-order valence-corrected chi connectivity index (χ2v) is 3.00. The molecular weight excluding hydrogens is 140 g/mol. The van der Waals surface area contributed by atoms with Gasteiger partial charge in [-0.15, -0.1) is 0 Å². The van der Waals surface area contributed by atoms with Crippen molar-refractivity contribution < 1.29 is 9.53 Å². The summed E-state index contributed by atoms with van der Waals surface area (Å²) in [7, 11) is 0. The summed E-state index contributed by atoms with van der Waals surface area (Å²) in [5.41, 5.74) is 1.74. The van der Waals surface area contributed by atoms with Crippen molar-refractivity contribution in [1.82, 2.24) is 0 Å². The van der Waals surface area contributed by atoms with Gasteiger partial charge in [-0.3, -0.25) is 0 Å². The minimum absolute atomic E-state index is 0.0694. The first kappa shape index (κ1) is 8.05. The monoisotopic (exact) mass is 152 g/mol. The zero-order valence-electron chi connectivity index (χ0n) is 6.89. The third kappa shape index (κ3) is 1.93. The number of cyclic esters (lactones) is 1. The molecule has 2 nitrogen and oxygen atoms in total. The van der Waals surface area contributed by atoms with Crippen LogP contribution in [0.5, 0.6) is 0 Å². The summed E-state index contributed by atoms with van der Waals surface area (Å²) in [6.45, 7) is 7.55. The molecular formula is C9H12O2. The maximum absolute atomic E-state index is 10.8. The van der Waals surface area contributed by atoms with E-state index < -0.39 is 0 Å². The number of carbonyl (C=O) groups excluding carboxylic acids is 1. The first-order valence-corrected chi connectivity index (χ1v) is 3.63. The van der Waals surface area contributed by atoms with Gasteiger partial charge in [-0.2, -0.15) is 0 Å². The number of hydrogen-bond donors (Lipinski definition) is 0. The largest absolute Gasteiger partial charge is 0.454 e. The average molecular weight is 152 g/mol. The van der Waals surface area contributed by atoms with Crippen LogP contribution in [0.15, 0.2) is 23.8 Å². The summed E-state index contributed by atoms with van der Waals surface area (Å²) >= 11 is 0. The van der Waals surface area contributed by atoms with Crippen molar-refractivity contribution in [1.29, 1.82) is 0 Å². The van der Waals surface area contributed by atoms with Gasteiger partial charge in [-0.1, -0.05) is 12.2 Å². The van der Waals surface area contributed by atoms with E-state index in [9.17, 15) is 4.79 Å². The van der Waals surface area contributed by atoms with E-state index in [2.05, 4.69) is 6.58 Å². The molecule has 0 aromatic heterocycles. The Labute approximate surface area is 66.5 Å². The average Bonchev–Trinajstić information content (AvgIpc) is 2.10. The number of carbonyl (C=O) groups is 1. The van der Waals surface area contributed by atoms with Crippen molar-refractivity contribution in [2.75, 3.05) is 0 Å². The summed E-state index contributed by atoms with van der Waals surface area (Å²) in [5, 5.41) is 0. The van der Waals surface area contributed by atoms with E-state index in [1.165, 1.54) is 0 Å². The van der Waals surface area contributed by atoms with Gasteiger partial charge in [-0.05, 0) is 19.9 Å². The molecule has 0 N–H and O–H groups in total. The van der Waals surface area contributed by atoms with E-state index in [-0.39, 0.29) is 12.1 Å². The lowest BCUT2D eigenvalue weighted by atomic mass is 10.1. The van der Waals surface area contributed by atoms with Gasteiger partial charge in [0.15, 0.2) is 0 Å². The van der Waals surface area contributed by atoms with Crippen LogP contribution in [-0.4, -0.2) is 12.1 Å². The van der Waals surface area contributed by atoms with Gasteiger partial charge in [-0.25, -0.2) is 4.79 Å². The van der Waals surface area contributed by atoms with Crippen LogP contribution in [0.3, 0.4) is 0 Å². The molecule has 0 aliphatic carbocycles. The Morgan fingerprint density at radius 3 is 2.73 bits per heavy atom. The molecule has 0 saturated carbocycles. The second kappa shape index (κ2) is 2.91. The van der Waals surface area contributed by atoms with E-state index in [1.54, 1.807) is 0 Å². The Balaban J connectivity index is 2.61.